The lowest BCUT2D eigenvalue weighted by Gasteiger charge is -2.31. The largest absolute Gasteiger partial charge is 0.455 e. The Morgan fingerprint density at radius 2 is 0.984 bits per heavy atom. The van der Waals surface area contributed by atoms with Crippen LogP contribution in [0.5, 0.6) is 0 Å². The molecule has 9 aromatic carbocycles. The van der Waals surface area contributed by atoms with Crippen LogP contribution in [-0.4, -0.2) is 0 Å². The Labute approximate surface area is 426 Å². The smallest absolute Gasteiger partial charge is 0.143 e. The standard InChI is InChI=1S/C61H43NO/c1-59(2)45-23-11-8-20-41(45)55-49(59)27-15-28-52(55)62(36-31-32-40-37-17-5-10-22-44(37)60(3,4)51(40)35-36)53-29-16-30-54-57(53)43-33-34-50-56(58(43)63-54)42-21-9-14-26-48(42)61(50)46-24-12-6-18-38(46)39-19-7-13-25-47(39)61/h5-35H,1-4H3/i1D3,2D3,3D3,4D3,5D,6D,7D,8D,9D,10D,11D,12D,13D,14D,15D,16D,17D,18D,20D,21D,22D,23D,24D,25D,26D,27D,28D,29D,30D,31D,32D,33D,34D,35D. The van der Waals surface area contributed by atoms with Gasteiger partial charge in [-0.25, -0.2) is 0 Å². The predicted octanol–water partition coefficient (Wildman–Crippen LogP) is 16.0. The summed E-state index contributed by atoms with van der Waals surface area (Å²) in [6.45, 7) is -16.9. The third-order valence-electron chi connectivity index (χ3n) is 12.1. The molecule has 0 fully saturated rings. The van der Waals surface area contributed by atoms with E-state index in [4.69, 9.17) is 18.1 Å². The number of anilines is 3. The lowest BCUT2D eigenvalue weighted by molar-refractivity contribution is 0.660. The Morgan fingerprint density at radius 1 is 0.429 bits per heavy atom. The fourth-order valence-corrected chi connectivity index (χ4v) is 9.62. The number of nitrogens with zero attached hydrogens (tertiary/aromatic N) is 1. The van der Waals surface area contributed by atoms with Gasteiger partial charge in [-0.1, -0.05) is 185 Å². The van der Waals surface area contributed by atoms with Gasteiger partial charge in [0.15, 0.2) is 0 Å². The maximum atomic E-state index is 10.6. The molecule has 1 heterocycles. The number of furan rings is 1. The van der Waals surface area contributed by atoms with Gasteiger partial charge in [0.05, 0.1) is 63.3 Å². The van der Waals surface area contributed by atoms with Crippen LogP contribution in [0.4, 0.5) is 17.1 Å². The van der Waals surface area contributed by atoms with Crippen molar-refractivity contribution in [3.63, 3.8) is 0 Å². The molecule has 0 saturated heterocycles. The van der Waals surface area contributed by atoms with Gasteiger partial charge in [-0.15, -0.1) is 0 Å². The third-order valence-corrected chi connectivity index (χ3v) is 12.1. The van der Waals surface area contributed by atoms with E-state index >= 15 is 0 Å². The summed E-state index contributed by atoms with van der Waals surface area (Å²) in [5.41, 5.74) is -33.4. The molecular formula is C61H43NO. The summed E-state index contributed by atoms with van der Waals surface area (Å²) in [6.07, 6.45) is 0. The Morgan fingerprint density at radius 3 is 1.75 bits per heavy atom. The Kier molecular flexibility index (Phi) is 2.57. The number of hydrogen-bond acceptors (Lipinski definition) is 2. The number of rotatable bonds is 3. The molecule has 1 unspecified atom stereocenters. The van der Waals surface area contributed by atoms with Crippen molar-refractivity contribution in [2.24, 2.45) is 0 Å². The molecule has 1 atom stereocenters. The SMILES string of the molecule is [2H]c1cc2c(c([2H])c1[2H])C1(c3c([2H])c([2H])c([2H])c([2H])c3-2)c2c([2H])c([2H])c([2H])c([2H])c2-c2c1c([2H])c([2H])c1c2oc2c([2H])c([2H])c([2H])c(N(c3c([2H])c([2H])c4c(c3[2H])C(C([2H])([2H])[2H])(C([2H])([2H])[2H])c3c([2H])c([2H])c([2H])c([2H])c3-4)c3c([2H])c([2H])c([2H])c4c3-c3c([2H])c([2H])c([2H])c([2H])c3C4(C([2H])([2H])[2H])C([2H])([2H])[2H])c21. The van der Waals surface area contributed by atoms with Gasteiger partial charge in [0.2, 0.25) is 0 Å². The minimum absolute atomic E-state index is 0.138. The maximum absolute atomic E-state index is 10.6. The zero-order chi connectivity index (χ0) is 78.1. The summed E-state index contributed by atoms with van der Waals surface area (Å²) in [5.74, 6) is 0. The normalized spacial score (nSPS) is 27.5. The van der Waals surface area contributed by atoms with Crippen molar-refractivity contribution in [3.05, 3.63) is 232 Å². The topological polar surface area (TPSA) is 16.4 Å². The highest BCUT2D eigenvalue weighted by molar-refractivity contribution is 6.18. The van der Waals surface area contributed by atoms with Crippen molar-refractivity contribution < 1.29 is 62.0 Å². The van der Waals surface area contributed by atoms with Crippen LogP contribution in [0.3, 0.4) is 0 Å². The average Bonchev–Trinajstić information content (AvgIpc) is 1.49. The van der Waals surface area contributed by atoms with Crippen molar-refractivity contribution in [3.8, 4) is 44.5 Å². The van der Waals surface area contributed by atoms with Crippen molar-refractivity contribution in [2.45, 2.75) is 43.7 Å². The van der Waals surface area contributed by atoms with Gasteiger partial charge in [-0.3, -0.25) is 0 Å². The van der Waals surface area contributed by atoms with Gasteiger partial charge in [0, 0.05) is 49.5 Å². The van der Waals surface area contributed by atoms with Gasteiger partial charge in [-0.2, -0.15) is 0 Å². The molecule has 298 valence electrons. The number of benzene rings is 9. The van der Waals surface area contributed by atoms with E-state index in [9.17, 15) is 43.9 Å². The van der Waals surface area contributed by atoms with Crippen molar-refractivity contribution in [1.82, 2.24) is 0 Å². The summed E-state index contributed by atoms with van der Waals surface area (Å²) in [4.78, 5) is 0.138. The van der Waals surface area contributed by atoms with E-state index in [0.29, 0.717) is 0 Å². The molecule has 63 heavy (non-hydrogen) atoms. The summed E-state index contributed by atoms with van der Waals surface area (Å²) < 4.78 is 403. The van der Waals surface area contributed by atoms with Crippen LogP contribution < -0.4 is 4.90 Å². The Balaban J connectivity index is 1.30. The predicted molar refractivity (Wildman–Crippen MR) is 260 cm³/mol. The molecule has 0 saturated carbocycles. The lowest BCUT2D eigenvalue weighted by atomic mass is 9.70. The Bertz CT molecular complexity index is 5840. The van der Waals surface area contributed by atoms with Gasteiger partial charge in [0.25, 0.3) is 0 Å². The zero-order valence-electron chi connectivity index (χ0n) is 73.4. The summed E-state index contributed by atoms with van der Waals surface area (Å²) in [5, 5.41) is -2.13. The van der Waals surface area contributed by atoms with Gasteiger partial charge in [0.1, 0.15) is 11.2 Å². The first-order valence-electron chi connectivity index (χ1n) is 39.9. The van der Waals surface area contributed by atoms with Gasteiger partial charge in [-0.05, 0) is 108 Å². The fourth-order valence-electron chi connectivity index (χ4n) is 9.62. The molecule has 0 N–H and O–H groups in total. The van der Waals surface area contributed by atoms with E-state index in [2.05, 4.69) is 0 Å². The first-order valence-corrected chi connectivity index (χ1v) is 18.9. The number of hydrogen-bond donors (Lipinski definition) is 0. The highest BCUT2D eigenvalue weighted by Gasteiger charge is 2.52. The average molecular weight is 848 g/mol. The van der Waals surface area contributed by atoms with Crippen LogP contribution >= 0.6 is 0 Å². The molecule has 0 radical (unpaired) electrons. The van der Waals surface area contributed by atoms with Crippen LogP contribution in [0.1, 0.15) is 129 Å². The second-order valence-corrected chi connectivity index (χ2v) is 15.1. The fraction of sp³-hybridized carbons (Fsp3) is 0.115. The zero-order valence-corrected chi connectivity index (χ0v) is 31.4. The van der Waals surface area contributed by atoms with Crippen LogP contribution in [0.2, 0.25) is 0 Å². The monoisotopic (exact) mass is 848 g/mol. The second-order valence-electron chi connectivity index (χ2n) is 15.1. The summed E-state index contributed by atoms with van der Waals surface area (Å²) in [7, 11) is 0. The quantitative estimate of drug-likeness (QED) is 0.176. The minimum Gasteiger partial charge on any atom is -0.455 e. The second kappa shape index (κ2) is 11.9. The van der Waals surface area contributed by atoms with E-state index in [-0.39, 0.29) is 4.90 Å². The molecule has 2 nitrogen and oxygen atoms in total. The van der Waals surface area contributed by atoms with Crippen LogP contribution in [0.15, 0.2) is 192 Å². The van der Waals surface area contributed by atoms with Gasteiger partial charge < -0.3 is 9.32 Å². The van der Waals surface area contributed by atoms with Crippen LogP contribution in [0.25, 0.3) is 66.4 Å². The summed E-state index contributed by atoms with van der Waals surface area (Å²) in [6, 6.07) is -36.5. The van der Waals surface area contributed by atoms with Crippen molar-refractivity contribution in [2.75, 3.05) is 4.90 Å². The molecule has 1 spiro atoms. The van der Waals surface area contributed by atoms with Crippen LogP contribution in [0, 0.1) is 0 Å². The highest BCUT2D eigenvalue weighted by Crippen LogP contribution is 2.65. The van der Waals surface area contributed by atoms with Gasteiger partial charge >= 0.3 is 0 Å². The molecule has 0 aliphatic heterocycles. The lowest BCUT2D eigenvalue weighted by Crippen LogP contribution is -2.25. The molecular weight excluding hydrogens is 763 g/mol. The van der Waals surface area contributed by atoms with Crippen molar-refractivity contribution >= 4 is 39.0 Å². The molecule has 4 aliphatic rings. The molecule has 10 aromatic rings. The summed E-state index contributed by atoms with van der Waals surface area (Å²) >= 11 is 0. The first kappa shape index (κ1) is 13.5. The Hall–Kier alpha value is -7.42. The molecule has 2 heteroatoms. The van der Waals surface area contributed by atoms with Crippen LogP contribution in [-0.2, 0) is 16.2 Å². The van der Waals surface area contributed by atoms with E-state index < -0.39 is 353 Å². The van der Waals surface area contributed by atoms with E-state index in [0.717, 1.165) is 6.07 Å². The number of fused-ring (bicyclic) bond motifs is 20. The highest BCUT2D eigenvalue weighted by atomic mass is 16.3. The molecule has 0 amide bonds. The van der Waals surface area contributed by atoms with E-state index in [1.165, 1.54) is 0 Å². The first-order chi connectivity index (χ1) is 48.3. The van der Waals surface area contributed by atoms with Crippen molar-refractivity contribution in [1.29, 1.82) is 0 Å². The van der Waals surface area contributed by atoms with E-state index in [1.54, 1.807) is 0 Å². The van der Waals surface area contributed by atoms with E-state index in [1.807, 2.05) is 0 Å². The molecule has 0 bridgehead atoms. The third kappa shape index (κ3) is 4.20. The molecule has 14 rings (SSSR count). The maximum Gasteiger partial charge on any atom is 0.143 e. The molecule has 1 aromatic heterocycles. The minimum atomic E-state index is -4.22. The molecule has 4 aliphatic carbocycles.